The Hall–Kier alpha value is -1.24. The Morgan fingerprint density at radius 1 is 1.16 bits per heavy atom. The second-order valence-corrected chi connectivity index (χ2v) is 7.66. The van der Waals surface area contributed by atoms with Gasteiger partial charge in [0.05, 0.1) is 0 Å². The first-order valence-electron chi connectivity index (χ1n) is 8.72. The first kappa shape index (κ1) is 20.1. The van der Waals surface area contributed by atoms with Crippen molar-refractivity contribution in [3.63, 3.8) is 0 Å². The lowest BCUT2D eigenvalue weighted by molar-refractivity contribution is -0.116. The van der Waals surface area contributed by atoms with Crippen LogP contribution in [0.4, 0.5) is 5.69 Å². The minimum absolute atomic E-state index is 0. The molecule has 25 heavy (non-hydrogen) atoms. The van der Waals surface area contributed by atoms with Crippen molar-refractivity contribution in [3.8, 4) is 0 Å². The van der Waals surface area contributed by atoms with Gasteiger partial charge in [0.25, 0.3) is 5.91 Å². The first-order chi connectivity index (χ1) is 11.7. The summed E-state index contributed by atoms with van der Waals surface area (Å²) in [5.41, 5.74) is 1.38. The number of nitrogens with one attached hydrogen (secondary N) is 3. The highest BCUT2D eigenvalue weighted by molar-refractivity contribution is 7.99. The van der Waals surface area contributed by atoms with Crippen LogP contribution in [0.3, 0.4) is 0 Å². The van der Waals surface area contributed by atoms with Crippen molar-refractivity contribution in [1.29, 1.82) is 0 Å². The summed E-state index contributed by atoms with van der Waals surface area (Å²) in [4.78, 5) is 24.3. The largest absolute Gasteiger partial charge is 0.349 e. The highest BCUT2D eigenvalue weighted by Gasteiger charge is 2.18. The molecule has 3 N–H and O–H groups in total. The van der Waals surface area contributed by atoms with Gasteiger partial charge in [-0.25, -0.2) is 0 Å². The average molecular weight is 384 g/mol. The lowest BCUT2D eigenvalue weighted by Gasteiger charge is -2.22. The zero-order chi connectivity index (χ0) is 16.8. The molecular formula is C18H26ClN3O2S. The predicted molar refractivity (Wildman–Crippen MR) is 106 cm³/mol. The summed E-state index contributed by atoms with van der Waals surface area (Å²) in [6.07, 6.45) is 5.03. The molecule has 5 nitrogen and oxygen atoms in total. The fourth-order valence-electron chi connectivity index (χ4n) is 3.23. The van der Waals surface area contributed by atoms with Gasteiger partial charge in [-0.15, -0.1) is 12.4 Å². The quantitative estimate of drug-likeness (QED) is 0.731. The van der Waals surface area contributed by atoms with E-state index in [4.69, 9.17) is 0 Å². The van der Waals surface area contributed by atoms with Crippen LogP contribution in [0.5, 0.6) is 0 Å². The lowest BCUT2D eigenvalue weighted by Crippen LogP contribution is -2.39. The number of carbonyl (C=O) groups excluding carboxylic acids is 2. The summed E-state index contributed by atoms with van der Waals surface area (Å²) in [6, 6.07) is 7.70. The van der Waals surface area contributed by atoms with E-state index in [1.54, 1.807) is 24.3 Å². The monoisotopic (exact) mass is 383 g/mol. The van der Waals surface area contributed by atoms with Crippen LogP contribution in [0.15, 0.2) is 24.3 Å². The number of amides is 2. The van der Waals surface area contributed by atoms with Crippen molar-refractivity contribution in [2.24, 2.45) is 0 Å². The molecule has 0 aromatic heterocycles. The summed E-state index contributed by atoms with van der Waals surface area (Å²) < 4.78 is 0. The Morgan fingerprint density at radius 3 is 2.52 bits per heavy atom. The molecule has 3 rings (SSSR count). The number of benzene rings is 1. The molecule has 2 amide bonds. The molecular weight excluding hydrogens is 358 g/mol. The molecule has 0 radical (unpaired) electrons. The van der Waals surface area contributed by atoms with Gasteiger partial charge in [-0.3, -0.25) is 9.59 Å². The Bertz CT molecular complexity index is 570. The fourth-order valence-corrected chi connectivity index (χ4v) is 4.18. The maximum absolute atomic E-state index is 12.2. The lowest BCUT2D eigenvalue weighted by atomic mass is 10.1. The zero-order valence-electron chi connectivity index (χ0n) is 14.3. The number of anilines is 1. The summed E-state index contributed by atoms with van der Waals surface area (Å²) in [5, 5.41) is 9.34. The molecule has 1 aromatic carbocycles. The van der Waals surface area contributed by atoms with Gasteiger partial charge < -0.3 is 16.0 Å². The first-order valence-corrected chi connectivity index (χ1v) is 9.88. The number of hydrogen-bond donors (Lipinski definition) is 3. The van der Waals surface area contributed by atoms with Gasteiger partial charge in [-0.2, -0.15) is 11.8 Å². The summed E-state index contributed by atoms with van der Waals surface area (Å²) >= 11 is 1.88. The third-order valence-electron chi connectivity index (χ3n) is 4.55. The second-order valence-electron chi connectivity index (χ2n) is 6.51. The Morgan fingerprint density at radius 2 is 1.88 bits per heavy atom. The van der Waals surface area contributed by atoms with E-state index in [1.165, 1.54) is 12.8 Å². The van der Waals surface area contributed by atoms with Crippen LogP contribution in [-0.2, 0) is 4.79 Å². The zero-order valence-corrected chi connectivity index (χ0v) is 15.9. The molecule has 0 bridgehead atoms. The molecule has 1 heterocycles. The normalized spacial score (nSPS) is 20.6. The van der Waals surface area contributed by atoms with E-state index in [0.29, 0.717) is 18.0 Å². The minimum Gasteiger partial charge on any atom is -0.349 e. The van der Waals surface area contributed by atoms with Gasteiger partial charge >= 0.3 is 0 Å². The van der Waals surface area contributed by atoms with E-state index >= 15 is 0 Å². The van der Waals surface area contributed by atoms with E-state index < -0.39 is 0 Å². The van der Waals surface area contributed by atoms with Gasteiger partial charge in [0.15, 0.2) is 0 Å². The molecule has 2 fully saturated rings. The summed E-state index contributed by atoms with van der Waals surface area (Å²) in [5.74, 6) is 2.08. The van der Waals surface area contributed by atoms with Crippen LogP contribution >= 0.6 is 24.2 Å². The van der Waals surface area contributed by atoms with Crippen LogP contribution < -0.4 is 16.0 Å². The Labute approximate surface area is 159 Å². The van der Waals surface area contributed by atoms with Crippen molar-refractivity contribution < 1.29 is 9.59 Å². The Balaban J connectivity index is 0.00000225. The summed E-state index contributed by atoms with van der Waals surface area (Å²) in [7, 11) is 0. The van der Waals surface area contributed by atoms with Crippen molar-refractivity contribution >= 4 is 41.7 Å². The van der Waals surface area contributed by atoms with E-state index in [1.807, 2.05) is 11.8 Å². The molecule has 1 aliphatic heterocycles. The third kappa shape index (κ3) is 6.20. The van der Waals surface area contributed by atoms with Gasteiger partial charge in [-0.1, -0.05) is 12.8 Å². The number of carbonyl (C=O) groups is 2. The van der Waals surface area contributed by atoms with Crippen molar-refractivity contribution in [1.82, 2.24) is 10.6 Å². The van der Waals surface area contributed by atoms with E-state index in [2.05, 4.69) is 16.0 Å². The topological polar surface area (TPSA) is 70.2 Å². The fraction of sp³-hybridized carbons (Fsp3) is 0.556. The highest BCUT2D eigenvalue weighted by atomic mass is 35.5. The van der Waals surface area contributed by atoms with Gasteiger partial charge in [0, 0.05) is 47.8 Å². The van der Waals surface area contributed by atoms with Crippen molar-refractivity contribution in [2.75, 3.05) is 23.4 Å². The number of thioether (sulfide) groups is 1. The maximum atomic E-state index is 12.2. The van der Waals surface area contributed by atoms with E-state index in [-0.39, 0.29) is 30.3 Å². The van der Waals surface area contributed by atoms with Crippen LogP contribution in [0, 0.1) is 0 Å². The molecule has 1 aromatic rings. The van der Waals surface area contributed by atoms with Crippen molar-refractivity contribution in [3.05, 3.63) is 29.8 Å². The Kier molecular flexibility index (Phi) is 8.06. The average Bonchev–Trinajstić information content (AvgIpc) is 3.09. The smallest absolute Gasteiger partial charge is 0.251 e. The predicted octanol–water partition coefficient (Wildman–Crippen LogP) is 2.81. The number of rotatable bonds is 5. The van der Waals surface area contributed by atoms with Crippen LogP contribution in [0.2, 0.25) is 0 Å². The van der Waals surface area contributed by atoms with Gasteiger partial charge in [0.1, 0.15) is 0 Å². The molecule has 1 atom stereocenters. The molecule has 1 saturated heterocycles. The minimum atomic E-state index is -0.0248. The maximum Gasteiger partial charge on any atom is 0.251 e. The second kappa shape index (κ2) is 10.0. The van der Waals surface area contributed by atoms with E-state index in [9.17, 15) is 9.59 Å². The molecule has 2 aliphatic rings. The molecule has 1 aliphatic carbocycles. The third-order valence-corrected chi connectivity index (χ3v) is 5.68. The van der Waals surface area contributed by atoms with Gasteiger partial charge in [0.2, 0.25) is 5.91 Å². The number of hydrogen-bond acceptors (Lipinski definition) is 4. The number of halogens is 1. The van der Waals surface area contributed by atoms with Crippen LogP contribution in [0.25, 0.3) is 0 Å². The molecule has 0 spiro atoms. The SMILES string of the molecule is Cl.O=C(CC1CSCCN1)Nc1ccc(C(=O)NC2CCCC2)cc1. The van der Waals surface area contributed by atoms with Crippen molar-refractivity contribution in [2.45, 2.75) is 44.2 Å². The highest BCUT2D eigenvalue weighted by Crippen LogP contribution is 2.18. The standard InChI is InChI=1S/C18H25N3O2S.ClH/c22-17(11-16-12-24-10-9-19-16)20-15-7-5-13(6-8-15)18(23)21-14-3-1-2-4-14;/h5-8,14,16,19H,1-4,9-12H2,(H,20,22)(H,21,23);1H. The van der Waals surface area contributed by atoms with Crippen LogP contribution in [-0.4, -0.2) is 41.9 Å². The van der Waals surface area contributed by atoms with E-state index in [0.717, 1.165) is 36.6 Å². The molecule has 1 saturated carbocycles. The summed E-state index contributed by atoms with van der Waals surface area (Å²) in [6.45, 7) is 0.966. The molecule has 7 heteroatoms. The van der Waals surface area contributed by atoms with Crippen LogP contribution in [0.1, 0.15) is 42.5 Å². The van der Waals surface area contributed by atoms with Gasteiger partial charge in [-0.05, 0) is 37.1 Å². The molecule has 138 valence electrons. The molecule has 1 unspecified atom stereocenters.